The minimum atomic E-state index is -0.150. The minimum Gasteiger partial charge on any atom is -0.346 e. The molecule has 1 aromatic rings. The lowest BCUT2D eigenvalue weighted by molar-refractivity contribution is -0.128. The number of anilines is 1. The number of rotatable bonds is 4. The number of carbonyl (C=O) groups excluding carboxylic acids is 1. The summed E-state index contributed by atoms with van der Waals surface area (Å²) in [5.41, 5.74) is 2.28. The molecule has 1 unspecified atom stereocenters. The van der Waals surface area contributed by atoms with E-state index in [9.17, 15) is 4.79 Å². The fourth-order valence-corrected chi connectivity index (χ4v) is 3.24. The molecule has 1 aliphatic rings. The van der Waals surface area contributed by atoms with Crippen molar-refractivity contribution in [2.75, 3.05) is 31.1 Å². The van der Waals surface area contributed by atoms with E-state index >= 15 is 0 Å². The molecule has 0 aromatic carbocycles. The summed E-state index contributed by atoms with van der Waals surface area (Å²) in [5, 5.41) is 3.05. The van der Waals surface area contributed by atoms with E-state index < -0.39 is 0 Å². The fourth-order valence-electron chi connectivity index (χ4n) is 2.54. The topological polar surface area (TPSA) is 74.5 Å². The van der Waals surface area contributed by atoms with Gasteiger partial charge < -0.3 is 4.90 Å². The van der Waals surface area contributed by atoms with Crippen LogP contribution in [0.1, 0.15) is 13.8 Å². The summed E-state index contributed by atoms with van der Waals surface area (Å²) < 4.78 is 0. The van der Waals surface area contributed by atoms with Crippen LogP contribution < -0.4 is 16.2 Å². The average molecular weight is 283 g/mol. The van der Waals surface area contributed by atoms with E-state index in [0.29, 0.717) is 0 Å². The third kappa shape index (κ3) is 3.23. The fraction of sp³-hybridized carbons (Fsp3) is 0.667. The molecule has 3 N–H and O–H groups in total. The summed E-state index contributed by atoms with van der Waals surface area (Å²) >= 11 is 1.65. The molecule has 1 atom stereocenters. The van der Waals surface area contributed by atoms with Gasteiger partial charge in [-0.2, -0.15) is 0 Å². The summed E-state index contributed by atoms with van der Waals surface area (Å²) in [7, 11) is 0. The smallest absolute Gasteiger partial charge is 0.251 e. The normalized spacial score (nSPS) is 18.6. The second-order valence-electron chi connectivity index (χ2n) is 5.04. The molecule has 1 fully saturated rings. The number of nitrogens with zero attached hydrogens (tertiary/aromatic N) is 3. The first-order chi connectivity index (χ1) is 9.13. The monoisotopic (exact) mass is 283 g/mol. The first kappa shape index (κ1) is 14.2. The highest BCUT2D eigenvalue weighted by Gasteiger charge is 2.31. The molecule has 0 aliphatic carbocycles. The molecule has 0 saturated carbocycles. The zero-order valence-electron chi connectivity index (χ0n) is 11.4. The SMILES string of the molecule is CC(C)C(C(=O)NN)N1CCN(c2nccs2)CC1. The Hall–Kier alpha value is -1.18. The predicted octanol–water partition coefficient (Wildman–Crippen LogP) is 0.280. The van der Waals surface area contributed by atoms with Crippen LogP contribution in [0.2, 0.25) is 0 Å². The van der Waals surface area contributed by atoms with Crippen LogP contribution in [0.15, 0.2) is 11.6 Å². The van der Waals surface area contributed by atoms with Gasteiger partial charge in [-0.1, -0.05) is 13.8 Å². The van der Waals surface area contributed by atoms with Gasteiger partial charge >= 0.3 is 0 Å². The molecule has 2 heterocycles. The number of hydrazine groups is 1. The summed E-state index contributed by atoms with van der Waals surface area (Å²) in [4.78, 5) is 20.7. The van der Waals surface area contributed by atoms with Crippen LogP contribution in [0.25, 0.3) is 0 Å². The van der Waals surface area contributed by atoms with Gasteiger partial charge in [0, 0.05) is 37.8 Å². The van der Waals surface area contributed by atoms with Crippen LogP contribution >= 0.6 is 11.3 Å². The van der Waals surface area contributed by atoms with Gasteiger partial charge in [-0.25, -0.2) is 10.8 Å². The summed E-state index contributed by atoms with van der Waals surface area (Å²) in [5.74, 6) is 5.42. The van der Waals surface area contributed by atoms with Crippen LogP contribution in [0, 0.1) is 5.92 Å². The van der Waals surface area contributed by atoms with Crippen molar-refractivity contribution in [1.29, 1.82) is 0 Å². The number of piperazine rings is 1. The number of hydrogen-bond donors (Lipinski definition) is 2. The van der Waals surface area contributed by atoms with Crippen molar-refractivity contribution in [3.05, 3.63) is 11.6 Å². The standard InChI is InChI=1S/C12H21N5OS/c1-9(2)10(11(18)15-13)16-4-6-17(7-5-16)12-14-3-8-19-12/h3,8-10H,4-7,13H2,1-2H3,(H,15,18). The Balaban J connectivity index is 1.96. The molecule has 19 heavy (non-hydrogen) atoms. The number of nitrogens with one attached hydrogen (secondary N) is 1. The third-order valence-corrected chi connectivity index (χ3v) is 4.27. The van der Waals surface area contributed by atoms with Crippen molar-refractivity contribution in [3.63, 3.8) is 0 Å². The second kappa shape index (κ2) is 6.31. The first-order valence-corrected chi connectivity index (χ1v) is 7.40. The maximum absolute atomic E-state index is 11.9. The molecule has 1 aromatic heterocycles. The molecule has 0 radical (unpaired) electrons. The molecule has 0 bridgehead atoms. The number of aromatic nitrogens is 1. The van der Waals surface area contributed by atoms with Gasteiger partial charge in [-0.3, -0.25) is 15.1 Å². The Morgan fingerprint density at radius 2 is 2.11 bits per heavy atom. The average Bonchev–Trinajstić information content (AvgIpc) is 2.93. The van der Waals surface area contributed by atoms with Crippen LogP contribution in [0.5, 0.6) is 0 Å². The van der Waals surface area contributed by atoms with Crippen molar-refractivity contribution in [2.45, 2.75) is 19.9 Å². The molecular weight excluding hydrogens is 262 g/mol. The van der Waals surface area contributed by atoms with E-state index in [2.05, 4.69) is 20.2 Å². The Labute approximate surface area is 117 Å². The third-order valence-electron chi connectivity index (χ3n) is 3.44. The molecular formula is C12H21N5OS. The van der Waals surface area contributed by atoms with Gasteiger partial charge in [0.1, 0.15) is 0 Å². The summed E-state index contributed by atoms with van der Waals surface area (Å²) in [6.45, 7) is 7.61. The summed E-state index contributed by atoms with van der Waals surface area (Å²) in [6, 6.07) is -0.150. The van der Waals surface area contributed by atoms with Crippen molar-refractivity contribution >= 4 is 22.4 Å². The van der Waals surface area contributed by atoms with Crippen molar-refractivity contribution in [2.24, 2.45) is 11.8 Å². The number of nitrogens with two attached hydrogens (primary N) is 1. The van der Waals surface area contributed by atoms with Crippen molar-refractivity contribution in [1.82, 2.24) is 15.3 Å². The number of amides is 1. The second-order valence-corrected chi connectivity index (χ2v) is 5.91. The van der Waals surface area contributed by atoms with Crippen LogP contribution in [-0.4, -0.2) is 48.0 Å². The highest BCUT2D eigenvalue weighted by Crippen LogP contribution is 2.21. The van der Waals surface area contributed by atoms with Gasteiger partial charge in [0.25, 0.3) is 5.91 Å². The molecule has 106 valence electrons. The van der Waals surface area contributed by atoms with E-state index in [1.165, 1.54) is 0 Å². The highest BCUT2D eigenvalue weighted by atomic mass is 32.1. The maximum atomic E-state index is 11.9. The lowest BCUT2D eigenvalue weighted by Crippen LogP contribution is -2.57. The van der Waals surface area contributed by atoms with E-state index in [4.69, 9.17) is 5.84 Å². The zero-order chi connectivity index (χ0) is 13.8. The van der Waals surface area contributed by atoms with Crippen molar-refractivity contribution < 1.29 is 4.79 Å². The molecule has 0 spiro atoms. The maximum Gasteiger partial charge on any atom is 0.251 e. The number of carbonyl (C=O) groups is 1. The van der Waals surface area contributed by atoms with Gasteiger partial charge in [0.2, 0.25) is 0 Å². The van der Waals surface area contributed by atoms with Gasteiger partial charge in [-0.15, -0.1) is 11.3 Å². The first-order valence-electron chi connectivity index (χ1n) is 6.52. The molecule has 1 amide bonds. The van der Waals surface area contributed by atoms with Gasteiger partial charge in [0.15, 0.2) is 5.13 Å². The summed E-state index contributed by atoms with van der Waals surface area (Å²) in [6.07, 6.45) is 1.82. The molecule has 6 nitrogen and oxygen atoms in total. The van der Waals surface area contributed by atoms with E-state index in [1.54, 1.807) is 11.3 Å². The predicted molar refractivity (Wildman–Crippen MR) is 76.9 cm³/mol. The molecule has 1 saturated heterocycles. The Bertz CT molecular complexity index is 400. The molecule has 1 aliphatic heterocycles. The quantitative estimate of drug-likeness (QED) is 0.472. The Kier molecular flexibility index (Phi) is 4.73. The largest absolute Gasteiger partial charge is 0.346 e. The van der Waals surface area contributed by atoms with Gasteiger partial charge in [0.05, 0.1) is 6.04 Å². The van der Waals surface area contributed by atoms with E-state index in [-0.39, 0.29) is 17.9 Å². The zero-order valence-corrected chi connectivity index (χ0v) is 12.2. The van der Waals surface area contributed by atoms with Crippen LogP contribution in [0.4, 0.5) is 5.13 Å². The molecule has 7 heteroatoms. The van der Waals surface area contributed by atoms with Crippen LogP contribution in [-0.2, 0) is 4.79 Å². The minimum absolute atomic E-state index is 0.0994. The van der Waals surface area contributed by atoms with Gasteiger partial charge in [-0.05, 0) is 5.92 Å². The van der Waals surface area contributed by atoms with Crippen LogP contribution in [0.3, 0.4) is 0 Å². The van der Waals surface area contributed by atoms with E-state index in [0.717, 1.165) is 31.3 Å². The van der Waals surface area contributed by atoms with Crippen molar-refractivity contribution in [3.8, 4) is 0 Å². The highest BCUT2D eigenvalue weighted by molar-refractivity contribution is 7.13. The lowest BCUT2D eigenvalue weighted by atomic mass is 10.0. The molecule has 2 rings (SSSR count). The number of hydrogen-bond acceptors (Lipinski definition) is 6. The number of thiazole rings is 1. The lowest BCUT2D eigenvalue weighted by Gasteiger charge is -2.39. The van der Waals surface area contributed by atoms with E-state index in [1.807, 2.05) is 25.4 Å². The Morgan fingerprint density at radius 3 is 2.58 bits per heavy atom. The Morgan fingerprint density at radius 1 is 1.42 bits per heavy atom.